The van der Waals surface area contributed by atoms with E-state index in [0.717, 1.165) is 5.56 Å². The van der Waals surface area contributed by atoms with Gasteiger partial charge in [0.05, 0.1) is 13.2 Å². The number of aliphatic hydroxyl groups is 1. The molecule has 0 aliphatic carbocycles. The first kappa shape index (κ1) is 19.6. The monoisotopic (exact) mass is 394 g/mol. The van der Waals surface area contributed by atoms with Crippen molar-refractivity contribution in [1.82, 2.24) is 9.80 Å². The van der Waals surface area contributed by atoms with E-state index >= 15 is 0 Å². The molecule has 0 radical (unpaired) electrons. The number of ether oxygens (including phenoxy) is 1. The summed E-state index contributed by atoms with van der Waals surface area (Å²) in [4.78, 5) is 28.6. The number of amides is 2. The van der Waals surface area contributed by atoms with Gasteiger partial charge < -0.3 is 19.6 Å². The van der Waals surface area contributed by atoms with E-state index in [4.69, 9.17) is 4.74 Å². The lowest BCUT2D eigenvalue weighted by Crippen LogP contribution is -2.64. The van der Waals surface area contributed by atoms with E-state index in [-0.39, 0.29) is 25.0 Å². The maximum Gasteiger partial charge on any atom is 0.259 e. The molecule has 4 rings (SSSR count). The minimum Gasteiger partial charge on any atom is -0.376 e. The zero-order chi connectivity index (χ0) is 20.6. The topological polar surface area (TPSA) is 70.1 Å². The highest BCUT2D eigenvalue weighted by molar-refractivity contribution is 5.95. The summed E-state index contributed by atoms with van der Waals surface area (Å²) in [6, 6.07) is 14.1. The number of nitrogens with zero attached hydrogens (tertiary/aromatic N) is 2. The molecule has 2 aliphatic rings. The summed E-state index contributed by atoms with van der Waals surface area (Å²) in [6.07, 6.45) is 0. The lowest BCUT2D eigenvalue weighted by molar-refractivity contribution is -0.201. The summed E-state index contributed by atoms with van der Waals surface area (Å²) in [7, 11) is 0. The average molecular weight is 394 g/mol. The molecule has 0 aromatic heterocycles. The van der Waals surface area contributed by atoms with Crippen molar-refractivity contribution in [2.75, 3.05) is 39.4 Å². The zero-order valence-corrected chi connectivity index (χ0v) is 16.9. The number of carbonyl (C=O) groups is 2. The van der Waals surface area contributed by atoms with E-state index in [9.17, 15) is 14.7 Å². The Morgan fingerprint density at radius 1 is 0.931 bits per heavy atom. The van der Waals surface area contributed by atoms with Crippen LogP contribution in [0.25, 0.3) is 11.1 Å². The fourth-order valence-corrected chi connectivity index (χ4v) is 3.85. The number of rotatable bonds is 3. The molecule has 0 saturated carbocycles. The van der Waals surface area contributed by atoms with E-state index in [0.29, 0.717) is 31.7 Å². The SMILES string of the molecule is Cc1ccc(C)c(-c2ccc(C(=O)N3CCN(C(=O)C4(O)COC4)CC3)cc2)c1. The van der Waals surface area contributed by atoms with Crippen LogP contribution < -0.4 is 0 Å². The summed E-state index contributed by atoms with van der Waals surface area (Å²) in [5, 5.41) is 10.1. The molecule has 2 aromatic carbocycles. The molecule has 0 atom stereocenters. The minimum atomic E-state index is -1.38. The van der Waals surface area contributed by atoms with Crippen molar-refractivity contribution < 1.29 is 19.4 Å². The fraction of sp³-hybridized carbons (Fsp3) is 0.391. The van der Waals surface area contributed by atoms with Crippen LogP contribution in [0.1, 0.15) is 21.5 Å². The van der Waals surface area contributed by atoms with Crippen LogP contribution in [-0.2, 0) is 9.53 Å². The third-order valence-electron chi connectivity index (χ3n) is 5.77. The van der Waals surface area contributed by atoms with Crippen LogP contribution in [0, 0.1) is 13.8 Å². The molecule has 152 valence electrons. The van der Waals surface area contributed by atoms with Crippen molar-refractivity contribution in [3.63, 3.8) is 0 Å². The summed E-state index contributed by atoms with van der Waals surface area (Å²) in [5.41, 5.74) is 3.94. The number of carbonyl (C=O) groups excluding carboxylic acids is 2. The summed E-state index contributed by atoms with van der Waals surface area (Å²) in [5.74, 6) is -0.330. The van der Waals surface area contributed by atoms with Crippen molar-refractivity contribution in [2.24, 2.45) is 0 Å². The van der Waals surface area contributed by atoms with Crippen molar-refractivity contribution in [3.8, 4) is 11.1 Å². The maximum absolute atomic E-state index is 12.9. The number of piperazine rings is 1. The molecule has 2 aliphatic heterocycles. The highest BCUT2D eigenvalue weighted by Crippen LogP contribution is 2.25. The van der Waals surface area contributed by atoms with Gasteiger partial charge in [0.15, 0.2) is 5.60 Å². The van der Waals surface area contributed by atoms with Gasteiger partial charge in [-0.1, -0.05) is 35.9 Å². The fourth-order valence-electron chi connectivity index (χ4n) is 3.85. The first-order valence-electron chi connectivity index (χ1n) is 9.94. The Morgan fingerprint density at radius 2 is 1.55 bits per heavy atom. The molecule has 6 nitrogen and oxygen atoms in total. The van der Waals surface area contributed by atoms with Crippen molar-refractivity contribution in [3.05, 3.63) is 59.2 Å². The Morgan fingerprint density at radius 3 is 2.14 bits per heavy atom. The lowest BCUT2D eigenvalue weighted by atomic mass is 9.97. The van der Waals surface area contributed by atoms with Crippen LogP contribution in [0.2, 0.25) is 0 Å². The first-order chi connectivity index (χ1) is 13.9. The Labute approximate surface area is 170 Å². The molecule has 2 heterocycles. The van der Waals surface area contributed by atoms with Crippen LogP contribution in [0.3, 0.4) is 0 Å². The molecule has 1 N–H and O–H groups in total. The van der Waals surface area contributed by atoms with Gasteiger partial charge >= 0.3 is 0 Å². The largest absolute Gasteiger partial charge is 0.376 e. The number of aryl methyl sites for hydroxylation is 2. The van der Waals surface area contributed by atoms with Gasteiger partial charge in [0, 0.05) is 31.7 Å². The van der Waals surface area contributed by atoms with Gasteiger partial charge in [-0.2, -0.15) is 0 Å². The van der Waals surface area contributed by atoms with Crippen LogP contribution in [0.15, 0.2) is 42.5 Å². The quantitative estimate of drug-likeness (QED) is 0.865. The van der Waals surface area contributed by atoms with E-state index in [1.54, 1.807) is 9.80 Å². The molecule has 0 bridgehead atoms. The lowest BCUT2D eigenvalue weighted by Gasteiger charge is -2.42. The zero-order valence-electron chi connectivity index (χ0n) is 16.9. The Balaban J connectivity index is 1.40. The Hall–Kier alpha value is -2.70. The predicted octanol–water partition coefficient (Wildman–Crippen LogP) is 2.02. The highest BCUT2D eigenvalue weighted by Gasteiger charge is 2.46. The van der Waals surface area contributed by atoms with E-state index < -0.39 is 5.60 Å². The normalized spacial score (nSPS) is 18.3. The Bertz CT molecular complexity index is 926. The molecule has 2 aromatic rings. The molecule has 2 amide bonds. The van der Waals surface area contributed by atoms with Crippen LogP contribution >= 0.6 is 0 Å². The van der Waals surface area contributed by atoms with Gasteiger partial charge in [-0.15, -0.1) is 0 Å². The van der Waals surface area contributed by atoms with Gasteiger partial charge in [-0.05, 0) is 42.7 Å². The standard InChI is InChI=1S/C23H26N2O4/c1-16-3-4-17(2)20(13-16)18-5-7-19(8-6-18)21(26)24-9-11-25(12-10-24)22(27)23(28)14-29-15-23/h3-8,13,28H,9-12,14-15H2,1-2H3. The molecule has 0 spiro atoms. The van der Waals surface area contributed by atoms with E-state index in [2.05, 4.69) is 32.0 Å². The smallest absolute Gasteiger partial charge is 0.259 e. The minimum absolute atomic E-state index is 0.0321. The van der Waals surface area contributed by atoms with E-state index in [1.807, 2.05) is 24.3 Å². The molecular weight excluding hydrogens is 368 g/mol. The van der Waals surface area contributed by atoms with Crippen LogP contribution in [0.5, 0.6) is 0 Å². The molecule has 0 unspecified atom stereocenters. The van der Waals surface area contributed by atoms with Crippen molar-refractivity contribution in [2.45, 2.75) is 19.4 Å². The number of benzene rings is 2. The van der Waals surface area contributed by atoms with Gasteiger partial charge in [0.2, 0.25) is 0 Å². The summed E-state index contributed by atoms with van der Waals surface area (Å²) >= 11 is 0. The number of hydrogen-bond donors (Lipinski definition) is 1. The van der Waals surface area contributed by atoms with Crippen molar-refractivity contribution >= 4 is 11.8 Å². The molecule has 2 saturated heterocycles. The van der Waals surface area contributed by atoms with Crippen LogP contribution in [-0.4, -0.2) is 71.7 Å². The molecule has 29 heavy (non-hydrogen) atoms. The van der Waals surface area contributed by atoms with Gasteiger partial charge in [0.25, 0.3) is 11.8 Å². The summed E-state index contributed by atoms with van der Waals surface area (Å²) in [6.45, 7) is 6.03. The first-order valence-corrected chi connectivity index (χ1v) is 9.94. The maximum atomic E-state index is 12.9. The third-order valence-corrected chi connectivity index (χ3v) is 5.77. The van der Waals surface area contributed by atoms with Crippen LogP contribution in [0.4, 0.5) is 0 Å². The molecular formula is C23H26N2O4. The highest BCUT2D eigenvalue weighted by atomic mass is 16.5. The Kier molecular flexibility index (Phi) is 5.15. The molecule has 6 heteroatoms. The van der Waals surface area contributed by atoms with Gasteiger partial charge in [-0.25, -0.2) is 0 Å². The van der Waals surface area contributed by atoms with E-state index in [1.165, 1.54) is 16.7 Å². The average Bonchev–Trinajstić information content (AvgIpc) is 2.73. The second kappa shape index (κ2) is 7.61. The third kappa shape index (κ3) is 3.78. The number of hydrogen-bond acceptors (Lipinski definition) is 4. The van der Waals surface area contributed by atoms with Gasteiger partial charge in [0.1, 0.15) is 0 Å². The van der Waals surface area contributed by atoms with Crippen molar-refractivity contribution in [1.29, 1.82) is 0 Å². The molecule has 2 fully saturated rings. The summed E-state index contributed by atoms with van der Waals surface area (Å²) < 4.78 is 4.96. The van der Waals surface area contributed by atoms with Gasteiger partial charge in [-0.3, -0.25) is 9.59 Å². The second-order valence-electron chi connectivity index (χ2n) is 8.00. The predicted molar refractivity (Wildman–Crippen MR) is 110 cm³/mol. The second-order valence-corrected chi connectivity index (χ2v) is 8.00.